The molecule has 1 heterocycles. The number of hydrogen-bond donors (Lipinski definition) is 1. The Morgan fingerprint density at radius 1 is 1.00 bits per heavy atom. The highest BCUT2D eigenvalue weighted by Gasteiger charge is 2.29. The fraction of sp³-hybridized carbons (Fsp3) is 0.409. The zero-order chi connectivity index (χ0) is 22.6. The number of ether oxygens (including phenoxy) is 1. The van der Waals surface area contributed by atoms with Crippen molar-refractivity contribution in [1.29, 1.82) is 0 Å². The summed E-state index contributed by atoms with van der Waals surface area (Å²) in [5, 5.41) is 2.77. The van der Waals surface area contributed by atoms with Crippen LogP contribution in [0.1, 0.15) is 20.8 Å². The largest absolute Gasteiger partial charge is 0.481 e. The number of halogens is 1. The molecule has 0 saturated carbocycles. The Hall–Kier alpha value is -2.65. The molecular formula is C22H28FN3O4S. The minimum Gasteiger partial charge on any atom is -0.481 e. The summed E-state index contributed by atoms with van der Waals surface area (Å²) in [5.74, 6) is -0.139. The number of carbonyl (C=O) groups is 1. The van der Waals surface area contributed by atoms with E-state index >= 15 is 0 Å². The molecule has 1 aliphatic rings. The highest BCUT2D eigenvalue weighted by atomic mass is 32.2. The molecule has 0 spiro atoms. The highest BCUT2D eigenvalue weighted by Crippen LogP contribution is 2.24. The number of anilines is 1. The van der Waals surface area contributed by atoms with Crippen molar-refractivity contribution in [2.24, 2.45) is 0 Å². The van der Waals surface area contributed by atoms with Crippen molar-refractivity contribution in [2.45, 2.75) is 37.8 Å². The summed E-state index contributed by atoms with van der Waals surface area (Å²) in [4.78, 5) is 14.0. The van der Waals surface area contributed by atoms with Gasteiger partial charge in [0.25, 0.3) is 5.91 Å². The van der Waals surface area contributed by atoms with Crippen LogP contribution in [0.4, 0.5) is 10.1 Å². The van der Waals surface area contributed by atoms with Gasteiger partial charge in [-0.1, -0.05) is 12.1 Å². The number of amides is 1. The van der Waals surface area contributed by atoms with Gasteiger partial charge in [-0.25, -0.2) is 12.8 Å². The van der Waals surface area contributed by atoms with Gasteiger partial charge in [-0.2, -0.15) is 4.31 Å². The van der Waals surface area contributed by atoms with E-state index in [-0.39, 0.29) is 35.8 Å². The Balaban J connectivity index is 1.62. The minimum absolute atomic E-state index is 0.00456. The number of para-hydroxylation sites is 1. The molecule has 9 heteroatoms. The van der Waals surface area contributed by atoms with Crippen LogP contribution >= 0.6 is 0 Å². The molecule has 1 amide bonds. The van der Waals surface area contributed by atoms with Crippen LogP contribution in [0.15, 0.2) is 53.4 Å². The molecule has 31 heavy (non-hydrogen) atoms. The Morgan fingerprint density at radius 3 is 2.19 bits per heavy atom. The average Bonchev–Trinajstić information content (AvgIpc) is 2.74. The molecule has 0 bridgehead atoms. The lowest BCUT2D eigenvalue weighted by Crippen LogP contribution is -2.48. The van der Waals surface area contributed by atoms with Crippen molar-refractivity contribution in [2.75, 3.05) is 31.1 Å². The van der Waals surface area contributed by atoms with Gasteiger partial charge in [0.2, 0.25) is 10.0 Å². The summed E-state index contributed by atoms with van der Waals surface area (Å²) in [5.41, 5.74) is 0.483. The zero-order valence-corrected chi connectivity index (χ0v) is 18.7. The molecule has 168 valence electrons. The normalized spacial score (nSPS) is 16.2. The Kier molecular flexibility index (Phi) is 7.17. The van der Waals surface area contributed by atoms with Gasteiger partial charge in [0, 0.05) is 32.2 Å². The SMILES string of the molecule is CC(C)NC(=O)[C@H](C)Oc1ccc(S(=O)(=O)N2CCN(c3ccccc3F)CC2)cc1. The third-order valence-electron chi connectivity index (χ3n) is 5.01. The minimum atomic E-state index is -3.68. The molecule has 0 aliphatic carbocycles. The first-order chi connectivity index (χ1) is 14.7. The maximum atomic E-state index is 14.0. The van der Waals surface area contributed by atoms with Crippen molar-refractivity contribution in [3.05, 3.63) is 54.3 Å². The molecule has 1 aliphatic heterocycles. The Bertz CT molecular complexity index is 1000. The van der Waals surface area contributed by atoms with Crippen LogP contribution in [0, 0.1) is 5.82 Å². The van der Waals surface area contributed by atoms with E-state index in [2.05, 4.69) is 5.32 Å². The van der Waals surface area contributed by atoms with E-state index in [9.17, 15) is 17.6 Å². The van der Waals surface area contributed by atoms with Crippen molar-refractivity contribution < 1.29 is 22.3 Å². The molecule has 1 atom stereocenters. The first-order valence-electron chi connectivity index (χ1n) is 10.2. The number of rotatable bonds is 7. The summed E-state index contributed by atoms with van der Waals surface area (Å²) in [7, 11) is -3.68. The molecule has 3 rings (SSSR count). The monoisotopic (exact) mass is 449 g/mol. The molecule has 1 saturated heterocycles. The van der Waals surface area contributed by atoms with Crippen LogP contribution in [-0.2, 0) is 14.8 Å². The smallest absolute Gasteiger partial charge is 0.260 e. The lowest BCUT2D eigenvalue weighted by atomic mass is 10.2. The van der Waals surface area contributed by atoms with Crippen LogP contribution < -0.4 is 15.0 Å². The molecule has 0 aromatic heterocycles. The number of benzene rings is 2. The number of sulfonamides is 1. The van der Waals surface area contributed by atoms with Crippen molar-refractivity contribution in [3.63, 3.8) is 0 Å². The van der Waals surface area contributed by atoms with Crippen molar-refractivity contribution in [3.8, 4) is 5.75 Å². The number of piperazine rings is 1. The maximum absolute atomic E-state index is 14.0. The van der Waals surface area contributed by atoms with Crippen LogP contribution in [0.25, 0.3) is 0 Å². The van der Waals surface area contributed by atoms with E-state index in [4.69, 9.17) is 4.74 Å². The molecule has 2 aromatic carbocycles. The quantitative estimate of drug-likeness (QED) is 0.703. The second kappa shape index (κ2) is 9.65. The molecule has 7 nitrogen and oxygen atoms in total. The van der Waals surface area contributed by atoms with E-state index in [0.717, 1.165) is 0 Å². The van der Waals surface area contributed by atoms with Gasteiger partial charge < -0.3 is 15.0 Å². The van der Waals surface area contributed by atoms with Crippen LogP contribution in [-0.4, -0.2) is 57.0 Å². The summed E-state index contributed by atoms with van der Waals surface area (Å²) in [6.07, 6.45) is -0.698. The van der Waals surface area contributed by atoms with E-state index in [0.29, 0.717) is 24.5 Å². The van der Waals surface area contributed by atoms with Crippen molar-refractivity contribution in [1.82, 2.24) is 9.62 Å². The third-order valence-corrected chi connectivity index (χ3v) is 6.92. The lowest BCUT2D eigenvalue weighted by Gasteiger charge is -2.35. The van der Waals surface area contributed by atoms with Crippen LogP contribution in [0.2, 0.25) is 0 Å². The fourth-order valence-corrected chi connectivity index (χ4v) is 4.80. The first kappa shape index (κ1) is 23.0. The number of hydrogen-bond acceptors (Lipinski definition) is 5. The van der Waals surface area contributed by atoms with E-state index in [1.165, 1.54) is 22.5 Å². The molecule has 1 N–H and O–H groups in total. The first-order valence-corrected chi connectivity index (χ1v) is 11.7. The van der Waals surface area contributed by atoms with Gasteiger partial charge in [0.15, 0.2) is 6.10 Å². The van der Waals surface area contributed by atoms with Gasteiger partial charge in [-0.3, -0.25) is 4.79 Å². The topological polar surface area (TPSA) is 78.9 Å². The van der Waals surface area contributed by atoms with Gasteiger partial charge in [-0.15, -0.1) is 0 Å². The van der Waals surface area contributed by atoms with E-state index < -0.39 is 16.1 Å². The number of nitrogens with one attached hydrogen (secondary N) is 1. The average molecular weight is 450 g/mol. The second-order valence-corrected chi connectivity index (χ2v) is 9.68. The van der Waals surface area contributed by atoms with Crippen LogP contribution in [0.3, 0.4) is 0 Å². The third kappa shape index (κ3) is 5.54. The predicted octanol–water partition coefficient (Wildman–Crippen LogP) is 2.63. The Labute approximate surface area is 182 Å². The predicted molar refractivity (Wildman–Crippen MR) is 117 cm³/mol. The van der Waals surface area contributed by atoms with E-state index in [1.54, 1.807) is 37.3 Å². The maximum Gasteiger partial charge on any atom is 0.260 e. The summed E-state index contributed by atoms with van der Waals surface area (Å²) < 4.78 is 47.0. The van der Waals surface area contributed by atoms with E-state index in [1.807, 2.05) is 18.7 Å². The summed E-state index contributed by atoms with van der Waals surface area (Å²) in [6.45, 7) is 6.70. The van der Waals surface area contributed by atoms with Gasteiger partial charge >= 0.3 is 0 Å². The molecule has 0 unspecified atom stereocenters. The number of carbonyl (C=O) groups excluding carboxylic acids is 1. The van der Waals surface area contributed by atoms with Gasteiger partial charge in [0.1, 0.15) is 11.6 Å². The summed E-state index contributed by atoms with van der Waals surface area (Å²) in [6, 6.07) is 12.5. The Morgan fingerprint density at radius 2 is 1.61 bits per heavy atom. The number of nitrogens with zero attached hydrogens (tertiary/aromatic N) is 2. The van der Waals surface area contributed by atoms with Gasteiger partial charge in [-0.05, 0) is 57.2 Å². The fourth-order valence-electron chi connectivity index (χ4n) is 3.38. The lowest BCUT2D eigenvalue weighted by molar-refractivity contribution is -0.127. The van der Waals surface area contributed by atoms with Gasteiger partial charge in [0.05, 0.1) is 10.6 Å². The summed E-state index contributed by atoms with van der Waals surface area (Å²) >= 11 is 0. The van der Waals surface area contributed by atoms with Crippen molar-refractivity contribution >= 4 is 21.6 Å². The molecule has 1 fully saturated rings. The zero-order valence-electron chi connectivity index (χ0n) is 17.9. The molecular weight excluding hydrogens is 421 g/mol. The molecule has 0 radical (unpaired) electrons. The standard InChI is InChI=1S/C22H28FN3O4S/c1-16(2)24-22(27)17(3)30-18-8-10-19(11-9-18)31(28,29)26-14-12-25(13-15-26)21-7-5-4-6-20(21)23/h4-11,16-17H,12-15H2,1-3H3,(H,24,27)/t17-/m0/s1. The highest BCUT2D eigenvalue weighted by molar-refractivity contribution is 7.89. The second-order valence-electron chi connectivity index (χ2n) is 7.74. The van der Waals surface area contributed by atoms with Crippen LogP contribution in [0.5, 0.6) is 5.75 Å². The molecule has 2 aromatic rings.